The summed E-state index contributed by atoms with van der Waals surface area (Å²) in [5, 5.41) is 1.18. The molecule has 1 aliphatic rings. The molecular formula is C15H16N2O. The zero-order valence-corrected chi connectivity index (χ0v) is 10.7. The Labute approximate surface area is 106 Å². The summed E-state index contributed by atoms with van der Waals surface area (Å²) in [5.41, 5.74) is 3.28. The van der Waals surface area contributed by atoms with Gasteiger partial charge < -0.3 is 4.90 Å². The number of aromatic nitrogens is 1. The molecule has 1 aromatic heterocycles. The third-order valence-corrected chi connectivity index (χ3v) is 3.28. The number of hydrogen-bond donors (Lipinski definition) is 0. The van der Waals surface area contributed by atoms with Crippen molar-refractivity contribution >= 4 is 22.9 Å². The summed E-state index contributed by atoms with van der Waals surface area (Å²) in [6.07, 6.45) is 4.46. The van der Waals surface area contributed by atoms with Gasteiger partial charge in [-0.1, -0.05) is 18.2 Å². The van der Waals surface area contributed by atoms with E-state index >= 15 is 0 Å². The molecule has 2 heterocycles. The van der Waals surface area contributed by atoms with Crippen LogP contribution in [0.15, 0.2) is 30.3 Å². The van der Waals surface area contributed by atoms with E-state index in [1.807, 2.05) is 28.9 Å². The third-order valence-electron chi connectivity index (χ3n) is 3.28. The number of carbonyl (C=O) groups excluding carboxylic acids is 1. The normalized spacial score (nSPS) is 14.5. The fourth-order valence-corrected chi connectivity index (χ4v) is 2.56. The van der Waals surface area contributed by atoms with Gasteiger partial charge in [0.05, 0.1) is 5.52 Å². The van der Waals surface area contributed by atoms with Gasteiger partial charge in [-0.3, -0.25) is 9.36 Å². The molecule has 0 fully saturated rings. The molecule has 0 aliphatic carbocycles. The summed E-state index contributed by atoms with van der Waals surface area (Å²) >= 11 is 0. The Hall–Kier alpha value is -1.87. The van der Waals surface area contributed by atoms with Gasteiger partial charge in [0.25, 0.3) is 0 Å². The second-order valence-corrected chi connectivity index (χ2v) is 4.99. The van der Waals surface area contributed by atoms with Crippen LogP contribution in [0.25, 0.3) is 17.0 Å². The fraction of sp³-hybridized carbons (Fsp3) is 0.267. The lowest BCUT2D eigenvalue weighted by Gasteiger charge is -2.11. The van der Waals surface area contributed by atoms with Crippen LogP contribution in [0.2, 0.25) is 0 Å². The summed E-state index contributed by atoms with van der Waals surface area (Å²) in [7, 11) is 4.11. The van der Waals surface area contributed by atoms with Crippen molar-refractivity contribution in [2.45, 2.75) is 13.0 Å². The van der Waals surface area contributed by atoms with Crippen molar-refractivity contribution in [1.82, 2.24) is 9.47 Å². The second kappa shape index (κ2) is 4.10. The largest absolute Gasteiger partial charge is 0.305 e. The number of carbonyl (C=O) groups is 1. The average molecular weight is 240 g/mol. The van der Waals surface area contributed by atoms with Crippen molar-refractivity contribution < 1.29 is 4.79 Å². The lowest BCUT2D eigenvalue weighted by Crippen LogP contribution is -2.13. The highest BCUT2D eigenvalue weighted by Gasteiger charge is 2.17. The summed E-state index contributed by atoms with van der Waals surface area (Å²) in [6, 6.07) is 8.29. The molecule has 0 saturated carbocycles. The van der Waals surface area contributed by atoms with E-state index in [1.165, 1.54) is 10.9 Å². The van der Waals surface area contributed by atoms with Gasteiger partial charge in [0.15, 0.2) is 0 Å². The fourth-order valence-electron chi connectivity index (χ4n) is 2.56. The topological polar surface area (TPSA) is 25.2 Å². The van der Waals surface area contributed by atoms with Gasteiger partial charge in [0, 0.05) is 24.0 Å². The van der Waals surface area contributed by atoms with Crippen LogP contribution >= 0.6 is 0 Å². The molecule has 3 nitrogen and oxygen atoms in total. The Balaban J connectivity index is 2.25. The molecule has 18 heavy (non-hydrogen) atoms. The highest BCUT2D eigenvalue weighted by Crippen LogP contribution is 2.27. The first-order chi connectivity index (χ1) is 8.66. The predicted molar refractivity (Wildman–Crippen MR) is 73.6 cm³/mol. The minimum Gasteiger partial charge on any atom is -0.305 e. The van der Waals surface area contributed by atoms with Crippen LogP contribution in [0, 0.1) is 0 Å². The molecule has 0 saturated heterocycles. The van der Waals surface area contributed by atoms with Crippen LogP contribution < -0.4 is 0 Å². The van der Waals surface area contributed by atoms with Crippen LogP contribution in [0.3, 0.4) is 0 Å². The lowest BCUT2D eigenvalue weighted by atomic mass is 10.1. The molecule has 0 atom stereocenters. The minimum absolute atomic E-state index is 0.157. The van der Waals surface area contributed by atoms with Crippen molar-refractivity contribution in [3.05, 3.63) is 41.6 Å². The Kier molecular flexibility index (Phi) is 2.56. The smallest absolute Gasteiger partial charge is 0.235 e. The lowest BCUT2D eigenvalue weighted by molar-refractivity contribution is 0.0920. The number of benzene rings is 1. The van der Waals surface area contributed by atoms with Crippen LogP contribution in [0.5, 0.6) is 0 Å². The molecule has 0 spiro atoms. The Bertz CT molecular complexity index is 650. The van der Waals surface area contributed by atoms with Gasteiger partial charge in [0.1, 0.15) is 0 Å². The average Bonchev–Trinajstić information content (AvgIpc) is 2.69. The molecule has 3 rings (SSSR count). The Morgan fingerprint density at radius 1 is 1.33 bits per heavy atom. The van der Waals surface area contributed by atoms with E-state index in [0.29, 0.717) is 6.42 Å². The quantitative estimate of drug-likeness (QED) is 0.806. The molecule has 0 N–H and O–H groups in total. The molecular weight excluding hydrogens is 224 g/mol. The van der Waals surface area contributed by atoms with E-state index in [9.17, 15) is 4.79 Å². The Morgan fingerprint density at radius 2 is 2.17 bits per heavy atom. The Morgan fingerprint density at radius 3 is 2.94 bits per heavy atom. The molecule has 2 aromatic rings. The van der Waals surface area contributed by atoms with E-state index in [2.05, 4.69) is 31.1 Å². The van der Waals surface area contributed by atoms with E-state index in [4.69, 9.17) is 0 Å². The maximum Gasteiger partial charge on any atom is 0.235 e. The second-order valence-electron chi connectivity index (χ2n) is 4.99. The van der Waals surface area contributed by atoms with Gasteiger partial charge in [-0.25, -0.2) is 0 Å². The molecule has 92 valence electrons. The highest BCUT2D eigenvalue weighted by atomic mass is 16.2. The van der Waals surface area contributed by atoms with Gasteiger partial charge in [-0.15, -0.1) is 0 Å². The minimum atomic E-state index is 0.157. The third kappa shape index (κ3) is 1.68. The number of allylic oxidation sites excluding steroid dienone is 1. The maximum absolute atomic E-state index is 12.0. The zero-order chi connectivity index (χ0) is 12.7. The van der Waals surface area contributed by atoms with Crippen LogP contribution in [-0.2, 0) is 6.54 Å². The highest BCUT2D eigenvalue weighted by molar-refractivity contribution is 5.99. The van der Waals surface area contributed by atoms with E-state index in [1.54, 1.807) is 0 Å². The van der Waals surface area contributed by atoms with E-state index in [-0.39, 0.29) is 5.91 Å². The van der Waals surface area contributed by atoms with Crippen molar-refractivity contribution in [1.29, 1.82) is 0 Å². The molecule has 0 radical (unpaired) electrons. The van der Waals surface area contributed by atoms with Crippen LogP contribution in [0.1, 0.15) is 22.5 Å². The SMILES string of the molecule is CN(C)Cc1cccc2c1cc1n2C(=O)CC=C1. The van der Waals surface area contributed by atoms with Crippen LogP contribution in [0.4, 0.5) is 0 Å². The van der Waals surface area contributed by atoms with Crippen molar-refractivity contribution in [3.63, 3.8) is 0 Å². The predicted octanol–water partition coefficient (Wildman–Crippen LogP) is 2.76. The van der Waals surface area contributed by atoms with Gasteiger partial charge in [-0.05, 0) is 37.9 Å². The van der Waals surface area contributed by atoms with Crippen molar-refractivity contribution in [2.24, 2.45) is 0 Å². The van der Waals surface area contributed by atoms with Gasteiger partial charge >= 0.3 is 0 Å². The standard InChI is InChI=1S/C15H16N2O/c1-16(2)10-11-5-3-7-14-13(11)9-12-6-4-8-15(18)17(12)14/h3-7,9H,8,10H2,1-2H3. The summed E-state index contributed by atoms with van der Waals surface area (Å²) < 4.78 is 1.83. The van der Waals surface area contributed by atoms with E-state index in [0.717, 1.165) is 17.8 Å². The maximum atomic E-state index is 12.0. The summed E-state index contributed by atoms with van der Waals surface area (Å²) in [4.78, 5) is 14.1. The number of nitrogens with zero attached hydrogens (tertiary/aromatic N) is 2. The van der Waals surface area contributed by atoms with Gasteiger partial charge in [0.2, 0.25) is 5.91 Å². The zero-order valence-electron chi connectivity index (χ0n) is 10.7. The van der Waals surface area contributed by atoms with Gasteiger partial charge in [-0.2, -0.15) is 0 Å². The number of rotatable bonds is 2. The number of hydrogen-bond acceptors (Lipinski definition) is 2. The molecule has 3 heteroatoms. The van der Waals surface area contributed by atoms with Crippen molar-refractivity contribution in [2.75, 3.05) is 14.1 Å². The monoisotopic (exact) mass is 240 g/mol. The molecule has 1 aliphatic heterocycles. The first-order valence-corrected chi connectivity index (χ1v) is 6.14. The molecule has 0 unspecified atom stereocenters. The summed E-state index contributed by atoms with van der Waals surface area (Å²) in [5.74, 6) is 0.157. The summed E-state index contributed by atoms with van der Waals surface area (Å²) in [6.45, 7) is 0.888. The molecule has 0 bridgehead atoms. The number of fused-ring (bicyclic) bond motifs is 3. The van der Waals surface area contributed by atoms with Crippen molar-refractivity contribution in [3.8, 4) is 0 Å². The van der Waals surface area contributed by atoms with E-state index < -0.39 is 0 Å². The molecule has 1 aromatic carbocycles. The van der Waals surface area contributed by atoms with Crippen LogP contribution in [-0.4, -0.2) is 29.5 Å². The molecule has 0 amide bonds. The first kappa shape index (κ1) is 11.2. The first-order valence-electron chi connectivity index (χ1n) is 6.14.